The number of nitrogens with two attached hydrogens (primary N) is 1. The van der Waals surface area contributed by atoms with Crippen LogP contribution in [0.5, 0.6) is 0 Å². The lowest BCUT2D eigenvalue weighted by Gasteiger charge is -2.05. The van der Waals surface area contributed by atoms with Gasteiger partial charge in [0.05, 0.1) is 0 Å². The number of aromatic nitrogens is 2. The molecule has 0 aliphatic rings. The van der Waals surface area contributed by atoms with Gasteiger partial charge in [-0.05, 0) is 19.3 Å². The van der Waals surface area contributed by atoms with E-state index in [-0.39, 0.29) is 18.1 Å². The fraction of sp³-hybridized carbons (Fsp3) is 0.500. The third kappa shape index (κ3) is 3.00. The van der Waals surface area contributed by atoms with E-state index in [2.05, 4.69) is 14.9 Å². The van der Waals surface area contributed by atoms with Gasteiger partial charge >= 0.3 is 0 Å². The molecule has 1 aromatic heterocycles. The smallest absolute Gasteiger partial charge is 0.272 e. The molecule has 1 amide bonds. The Labute approximate surface area is 81.4 Å². The van der Waals surface area contributed by atoms with Gasteiger partial charge in [-0.3, -0.25) is 4.79 Å². The molecule has 0 radical (unpaired) electrons. The molecule has 0 aromatic carbocycles. The van der Waals surface area contributed by atoms with Crippen molar-refractivity contribution >= 4 is 18.3 Å². The highest BCUT2D eigenvalue weighted by Gasteiger charge is 2.15. The van der Waals surface area contributed by atoms with E-state index in [4.69, 9.17) is 5.73 Å². The van der Waals surface area contributed by atoms with Gasteiger partial charge in [0.25, 0.3) is 5.91 Å². The number of primary amides is 1. The van der Waals surface area contributed by atoms with E-state index in [1.54, 1.807) is 0 Å². The third-order valence-electron chi connectivity index (χ3n) is 1.26. The molecule has 0 fully saturated rings. The first-order valence-corrected chi connectivity index (χ1v) is 3.37. The number of carbonyl (C=O) groups excluding carboxylic acids is 1. The molecule has 13 heavy (non-hydrogen) atoms. The summed E-state index contributed by atoms with van der Waals surface area (Å²) in [6, 6.07) is 0. The molecule has 0 spiro atoms. The van der Waals surface area contributed by atoms with E-state index in [0.717, 1.165) is 0 Å². The molecule has 1 aromatic rings. The number of hydrogen-bond acceptors (Lipinski definition) is 5. The SMILES string of the molecule is CN(C)Cc1nonc1C(N)=O.Cl. The maximum atomic E-state index is 10.7. The molecule has 0 saturated heterocycles. The molecule has 1 rings (SSSR count). The summed E-state index contributed by atoms with van der Waals surface area (Å²) in [5.74, 6) is -0.617. The van der Waals surface area contributed by atoms with Crippen molar-refractivity contribution in [2.45, 2.75) is 6.54 Å². The maximum absolute atomic E-state index is 10.7. The van der Waals surface area contributed by atoms with Crippen molar-refractivity contribution in [3.8, 4) is 0 Å². The lowest BCUT2D eigenvalue weighted by Crippen LogP contribution is -2.18. The summed E-state index contributed by atoms with van der Waals surface area (Å²) in [4.78, 5) is 12.5. The molecular weight excluding hydrogens is 196 g/mol. The molecule has 74 valence electrons. The summed E-state index contributed by atoms with van der Waals surface area (Å²) >= 11 is 0. The second-order valence-electron chi connectivity index (χ2n) is 2.66. The third-order valence-corrected chi connectivity index (χ3v) is 1.26. The minimum Gasteiger partial charge on any atom is -0.364 e. The molecule has 0 bridgehead atoms. The first kappa shape index (κ1) is 11.9. The molecule has 0 saturated carbocycles. The molecule has 0 aliphatic heterocycles. The van der Waals surface area contributed by atoms with E-state index < -0.39 is 5.91 Å². The Morgan fingerprint density at radius 3 is 2.62 bits per heavy atom. The molecule has 0 unspecified atom stereocenters. The Morgan fingerprint density at radius 1 is 1.54 bits per heavy atom. The highest BCUT2D eigenvalue weighted by molar-refractivity contribution is 5.91. The Bertz CT molecular complexity index is 286. The van der Waals surface area contributed by atoms with Crippen molar-refractivity contribution in [2.24, 2.45) is 5.73 Å². The van der Waals surface area contributed by atoms with Crippen molar-refractivity contribution in [3.63, 3.8) is 0 Å². The number of rotatable bonds is 3. The summed E-state index contributed by atoms with van der Waals surface area (Å²) in [5.41, 5.74) is 5.58. The molecule has 0 aliphatic carbocycles. The van der Waals surface area contributed by atoms with E-state index in [0.29, 0.717) is 12.2 Å². The van der Waals surface area contributed by atoms with Gasteiger partial charge in [0.2, 0.25) is 0 Å². The van der Waals surface area contributed by atoms with Crippen LogP contribution in [0.15, 0.2) is 4.63 Å². The fourth-order valence-electron chi connectivity index (χ4n) is 0.797. The summed E-state index contributed by atoms with van der Waals surface area (Å²) < 4.78 is 4.38. The molecule has 1 heterocycles. The average molecular weight is 207 g/mol. The lowest BCUT2D eigenvalue weighted by molar-refractivity contribution is 0.0990. The van der Waals surface area contributed by atoms with Crippen molar-refractivity contribution in [1.29, 1.82) is 0 Å². The van der Waals surface area contributed by atoms with Crippen LogP contribution < -0.4 is 5.73 Å². The van der Waals surface area contributed by atoms with Gasteiger partial charge in [0.15, 0.2) is 5.69 Å². The minimum atomic E-state index is -0.617. The van der Waals surface area contributed by atoms with Crippen LogP contribution in [-0.2, 0) is 6.54 Å². The van der Waals surface area contributed by atoms with E-state index in [1.807, 2.05) is 19.0 Å². The van der Waals surface area contributed by atoms with Crippen LogP contribution in [0.2, 0.25) is 0 Å². The number of hydrogen-bond donors (Lipinski definition) is 1. The van der Waals surface area contributed by atoms with Crippen molar-refractivity contribution in [3.05, 3.63) is 11.4 Å². The van der Waals surface area contributed by atoms with Crippen molar-refractivity contribution < 1.29 is 9.42 Å². The van der Waals surface area contributed by atoms with Crippen LogP contribution in [0.25, 0.3) is 0 Å². The Morgan fingerprint density at radius 2 is 2.15 bits per heavy atom. The van der Waals surface area contributed by atoms with Gasteiger partial charge in [0, 0.05) is 6.54 Å². The van der Waals surface area contributed by atoms with Crippen LogP contribution in [0, 0.1) is 0 Å². The van der Waals surface area contributed by atoms with Crippen molar-refractivity contribution in [2.75, 3.05) is 14.1 Å². The lowest BCUT2D eigenvalue weighted by atomic mass is 10.3. The quantitative estimate of drug-likeness (QED) is 0.731. The average Bonchev–Trinajstić information content (AvgIpc) is 2.33. The topological polar surface area (TPSA) is 85.2 Å². The monoisotopic (exact) mass is 206 g/mol. The van der Waals surface area contributed by atoms with Crippen molar-refractivity contribution in [1.82, 2.24) is 15.2 Å². The van der Waals surface area contributed by atoms with E-state index >= 15 is 0 Å². The normalized spacial score (nSPS) is 9.77. The van der Waals surface area contributed by atoms with Crippen LogP contribution in [0.4, 0.5) is 0 Å². The second-order valence-corrected chi connectivity index (χ2v) is 2.66. The van der Waals surface area contributed by atoms with Gasteiger partial charge in [-0.15, -0.1) is 12.4 Å². The Balaban J connectivity index is 0.00000144. The highest BCUT2D eigenvalue weighted by Crippen LogP contribution is 2.03. The fourth-order valence-corrected chi connectivity index (χ4v) is 0.797. The minimum absolute atomic E-state index is 0. The van der Waals surface area contributed by atoms with Crippen LogP contribution in [0.1, 0.15) is 16.2 Å². The molecule has 0 atom stereocenters. The summed E-state index contributed by atoms with van der Waals surface area (Å²) in [7, 11) is 3.69. The van der Waals surface area contributed by atoms with Gasteiger partial charge < -0.3 is 10.6 Å². The molecule has 6 nitrogen and oxygen atoms in total. The highest BCUT2D eigenvalue weighted by atomic mass is 35.5. The van der Waals surface area contributed by atoms with Crippen LogP contribution >= 0.6 is 12.4 Å². The first-order chi connectivity index (χ1) is 5.61. The van der Waals surface area contributed by atoms with Gasteiger partial charge in [0.1, 0.15) is 5.69 Å². The summed E-state index contributed by atoms with van der Waals surface area (Å²) in [5, 5.41) is 6.93. The Hall–Kier alpha value is -1.14. The van der Waals surface area contributed by atoms with Gasteiger partial charge in [-0.25, -0.2) is 4.63 Å². The van der Waals surface area contributed by atoms with Gasteiger partial charge in [-0.1, -0.05) is 5.16 Å². The number of halogens is 1. The van der Waals surface area contributed by atoms with Crippen LogP contribution in [-0.4, -0.2) is 35.2 Å². The number of nitrogens with zero attached hydrogens (tertiary/aromatic N) is 3. The zero-order valence-electron chi connectivity index (χ0n) is 7.35. The summed E-state index contributed by atoms with van der Waals surface area (Å²) in [6.45, 7) is 0.488. The summed E-state index contributed by atoms with van der Waals surface area (Å²) in [6.07, 6.45) is 0. The molecule has 2 N–H and O–H groups in total. The zero-order valence-corrected chi connectivity index (χ0v) is 8.17. The molecule has 7 heteroatoms. The number of carbonyl (C=O) groups is 1. The predicted octanol–water partition coefficient (Wildman–Crippen LogP) is -0.348. The van der Waals surface area contributed by atoms with Crippen LogP contribution in [0.3, 0.4) is 0 Å². The second kappa shape index (κ2) is 4.78. The standard InChI is InChI=1S/C6H10N4O2.ClH/c1-10(2)3-4-5(6(7)11)9-12-8-4;/h3H2,1-2H3,(H2,7,11);1H. The number of amides is 1. The maximum Gasteiger partial charge on any atom is 0.272 e. The largest absolute Gasteiger partial charge is 0.364 e. The Kier molecular flexibility index (Phi) is 4.36. The zero-order chi connectivity index (χ0) is 9.14. The van der Waals surface area contributed by atoms with E-state index in [1.165, 1.54) is 0 Å². The van der Waals surface area contributed by atoms with E-state index in [9.17, 15) is 4.79 Å². The first-order valence-electron chi connectivity index (χ1n) is 3.37. The van der Waals surface area contributed by atoms with Gasteiger partial charge in [-0.2, -0.15) is 0 Å². The predicted molar refractivity (Wildman–Crippen MR) is 47.5 cm³/mol. The molecular formula is C6H11ClN4O2.